The number of pyridine rings is 1. The number of aliphatic carboxylic acids is 1. The summed E-state index contributed by atoms with van der Waals surface area (Å²) in [4.78, 5) is 32.9. The Kier molecular flexibility index (Phi) is 9.36. The number of hydrogen-bond donors (Lipinski definition) is 2. The van der Waals surface area contributed by atoms with Gasteiger partial charge in [0.15, 0.2) is 0 Å². The van der Waals surface area contributed by atoms with Crippen molar-refractivity contribution in [2.45, 2.75) is 77.0 Å². The van der Waals surface area contributed by atoms with Gasteiger partial charge in [0.25, 0.3) is 5.91 Å². The molecular weight excluding hydrogens is 555 g/mol. The molecule has 0 unspecified atom stereocenters. The molecule has 5 atom stereocenters. The highest BCUT2D eigenvalue weighted by molar-refractivity contribution is 5.88. The second-order valence-corrected chi connectivity index (χ2v) is 11.8. The number of hydrogen-bond acceptors (Lipinski definition) is 7. The molecule has 0 aliphatic carbocycles. The largest absolute Gasteiger partial charge is 0.496 e. The third-order valence-corrected chi connectivity index (χ3v) is 8.08. The molecule has 2 saturated heterocycles. The number of carboxylic acids is 1. The normalized spacial score (nSPS) is 24.9. The Morgan fingerprint density at radius 2 is 1.88 bits per heavy atom. The highest BCUT2D eigenvalue weighted by Crippen LogP contribution is 2.50. The molecule has 0 spiro atoms. The average Bonchev–Trinajstić information content (AvgIpc) is 3.31. The van der Waals surface area contributed by atoms with Gasteiger partial charge in [-0.15, -0.1) is 0 Å². The number of carbonyl (C=O) groups is 2. The van der Waals surface area contributed by atoms with Gasteiger partial charge in [0, 0.05) is 42.4 Å². The quantitative estimate of drug-likeness (QED) is 0.448. The second-order valence-electron chi connectivity index (χ2n) is 11.8. The van der Waals surface area contributed by atoms with Gasteiger partial charge in [0.1, 0.15) is 17.9 Å². The molecule has 4 rings (SSSR count). The molecule has 230 valence electrons. The first-order valence-electron chi connectivity index (χ1n) is 13.9. The van der Waals surface area contributed by atoms with E-state index in [9.17, 15) is 27.9 Å². The number of halogens is 3. The summed E-state index contributed by atoms with van der Waals surface area (Å²) in [7, 11) is 2.74. The van der Waals surface area contributed by atoms with Crippen LogP contribution in [0, 0.1) is 11.3 Å². The number of alkyl halides is 3. The van der Waals surface area contributed by atoms with Crippen LogP contribution in [-0.4, -0.2) is 65.9 Å². The summed E-state index contributed by atoms with van der Waals surface area (Å²) in [6.45, 7) is 6.17. The number of rotatable bonds is 8. The molecule has 2 aromatic rings. The van der Waals surface area contributed by atoms with Crippen molar-refractivity contribution >= 4 is 11.9 Å². The zero-order valence-corrected chi connectivity index (χ0v) is 24.4. The highest BCUT2D eigenvalue weighted by Gasteiger charge is 2.59. The fourth-order valence-corrected chi connectivity index (χ4v) is 6.25. The molecule has 1 amide bonds. The fourth-order valence-electron chi connectivity index (χ4n) is 6.25. The number of carbonyl (C=O) groups excluding carboxylic acids is 1. The maximum atomic E-state index is 14.1. The summed E-state index contributed by atoms with van der Waals surface area (Å²) in [6.07, 6.45) is -1.73. The van der Waals surface area contributed by atoms with Gasteiger partial charge in [-0.05, 0) is 48.9 Å². The summed E-state index contributed by atoms with van der Waals surface area (Å²) in [6, 6.07) is 3.95. The monoisotopic (exact) mass is 593 g/mol. The average molecular weight is 594 g/mol. The molecule has 2 aliphatic heterocycles. The van der Waals surface area contributed by atoms with Crippen LogP contribution < -0.4 is 14.8 Å². The number of amides is 1. The third kappa shape index (κ3) is 6.34. The van der Waals surface area contributed by atoms with Gasteiger partial charge in [-0.2, -0.15) is 13.2 Å². The van der Waals surface area contributed by atoms with Crippen molar-refractivity contribution in [2.75, 3.05) is 20.8 Å². The van der Waals surface area contributed by atoms with E-state index in [-0.39, 0.29) is 18.2 Å². The lowest BCUT2D eigenvalue weighted by atomic mass is 9.72. The first-order chi connectivity index (χ1) is 19.8. The maximum absolute atomic E-state index is 14.1. The van der Waals surface area contributed by atoms with Crippen LogP contribution in [0.5, 0.6) is 11.6 Å². The zero-order chi connectivity index (χ0) is 30.8. The van der Waals surface area contributed by atoms with Crippen LogP contribution in [-0.2, 0) is 27.0 Å². The SMILES string of the molecule is COc1cc(C(F)(F)F)ccc1CN[C@H]1[C@H](C(C)(C)C)[C@@H](C(=O)O)N(C(=O)[C@@H]2CCCCO2)[C@H]1c1cccnc1OC. The van der Waals surface area contributed by atoms with Crippen LogP contribution in [0.3, 0.4) is 0 Å². The van der Waals surface area contributed by atoms with Gasteiger partial charge in [0.05, 0.1) is 25.8 Å². The van der Waals surface area contributed by atoms with Crippen molar-refractivity contribution in [1.82, 2.24) is 15.2 Å². The number of likely N-dealkylation sites (tertiary alicyclic amines) is 1. The Balaban J connectivity index is 1.84. The van der Waals surface area contributed by atoms with Crippen molar-refractivity contribution in [1.29, 1.82) is 0 Å². The van der Waals surface area contributed by atoms with Crippen LogP contribution in [0.2, 0.25) is 0 Å². The van der Waals surface area contributed by atoms with Crippen LogP contribution in [0.15, 0.2) is 36.5 Å². The molecule has 9 nitrogen and oxygen atoms in total. The predicted molar refractivity (Wildman–Crippen MR) is 147 cm³/mol. The van der Waals surface area contributed by atoms with Crippen LogP contribution in [0.1, 0.15) is 62.8 Å². The Morgan fingerprint density at radius 1 is 1.14 bits per heavy atom. The molecule has 2 N–H and O–H groups in total. The summed E-state index contributed by atoms with van der Waals surface area (Å²) in [5.74, 6) is -1.94. The molecule has 2 aliphatic rings. The van der Waals surface area contributed by atoms with E-state index in [1.807, 2.05) is 20.8 Å². The Morgan fingerprint density at radius 3 is 2.45 bits per heavy atom. The van der Waals surface area contributed by atoms with Crippen molar-refractivity contribution in [3.05, 3.63) is 53.2 Å². The van der Waals surface area contributed by atoms with Gasteiger partial charge >= 0.3 is 12.1 Å². The lowest BCUT2D eigenvalue weighted by Gasteiger charge is -2.36. The van der Waals surface area contributed by atoms with Crippen molar-refractivity contribution in [3.63, 3.8) is 0 Å². The number of nitrogens with zero attached hydrogens (tertiary/aromatic N) is 2. The number of carboxylic acid groups (broad SMARTS) is 1. The van der Waals surface area contributed by atoms with E-state index in [1.165, 1.54) is 25.2 Å². The van der Waals surface area contributed by atoms with Crippen LogP contribution in [0.25, 0.3) is 0 Å². The van der Waals surface area contributed by atoms with Crippen molar-refractivity contribution in [2.24, 2.45) is 11.3 Å². The van der Waals surface area contributed by atoms with Crippen LogP contribution in [0.4, 0.5) is 13.2 Å². The zero-order valence-electron chi connectivity index (χ0n) is 24.4. The number of aromatic nitrogens is 1. The van der Waals surface area contributed by atoms with Crippen molar-refractivity contribution < 1.29 is 42.1 Å². The topological polar surface area (TPSA) is 110 Å². The van der Waals surface area contributed by atoms with Crippen LogP contribution >= 0.6 is 0 Å². The Bertz CT molecular complexity index is 1280. The smallest absolute Gasteiger partial charge is 0.416 e. The maximum Gasteiger partial charge on any atom is 0.416 e. The highest BCUT2D eigenvalue weighted by atomic mass is 19.4. The number of nitrogens with one attached hydrogen (secondary N) is 1. The van der Waals surface area contributed by atoms with E-state index < -0.39 is 59.2 Å². The fraction of sp³-hybridized carbons (Fsp3) is 0.567. The molecule has 3 heterocycles. The van der Waals surface area contributed by atoms with E-state index in [1.54, 1.807) is 18.3 Å². The molecule has 1 aromatic heterocycles. The Hall–Kier alpha value is -3.38. The molecular formula is C30H38F3N3O6. The number of ether oxygens (including phenoxy) is 3. The summed E-state index contributed by atoms with van der Waals surface area (Å²) in [5.41, 5.74) is -0.507. The minimum atomic E-state index is -4.54. The molecule has 0 bridgehead atoms. The number of benzene rings is 1. The summed E-state index contributed by atoms with van der Waals surface area (Å²) < 4.78 is 56.7. The summed E-state index contributed by atoms with van der Waals surface area (Å²) >= 11 is 0. The minimum Gasteiger partial charge on any atom is -0.496 e. The molecule has 1 aromatic carbocycles. The van der Waals surface area contributed by atoms with Gasteiger partial charge in [0.2, 0.25) is 5.88 Å². The minimum absolute atomic E-state index is 0.0384. The standard InChI is InChI=1S/C30H38F3N3O6/c1-29(2,3)22-23(35-16-17-11-12-18(30(31,32)33)15-21(17)40-4)24(19-9-8-13-34-26(19)41-5)36(25(22)28(38)39)27(37)20-10-6-7-14-42-20/h8-9,11-13,15,20,22-25,35H,6-7,10,14,16H2,1-5H3,(H,38,39)/t20-,22-,23-,24-,25-/m0/s1. The van der Waals surface area contributed by atoms with Gasteiger partial charge in [-0.25, -0.2) is 9.78 Å². The molecule has 2 fully saturated rings. The first kappa shape index (κ1) is 31.6. The van der Waals surface area contributed by atoms with Gasteiger partial charge < -0.3 is 29.5 Å². The molecule has 42 heavy (non-hydrogen) atoms. The lowest BCUT2D eigenvalue weighted by Crippen LogP contribution is -2.51. The van der Waals surface area contributed by atoms with E-state index in [4.69, 9.17) is 14.2 Å². The lowest BCUT2D eigenvalue weighted by molar-refractivity contribution is -0.159. The van der Waals surface area contributed by atoms with Gasteiger partial charge in [-0.1, -0.05) is 26.8 Å². The second kappa shape index (κ2) is 12.5. The molecule has 0 radical (unpaired) electrons. The molecule has 12 heteroatoms. The number of methoxy groups -OCH3 is 2. The van der Waals surface area contributed by atoms with E-state index >= 15 is 0 Å². The molecule has 0 saturated carbocycles. The third-order valence-electron chi connectivity index (χ3n) is 8.08. The van der Waals surface area contributed by atoms with Gasteiger partial charge in [-0.3, -0.25) is 4.79 Å². The summed E-state index contributed by atoms with van der Waals surface area (Å²) in [5, 5.41) is 14.0. The first-order valence-corrected chi connectivity index (χ1v) is 13.9. The predicted octanol–water partition coefficient (Wildman–Crippen LogP) is 4.84. The van der Waals surface area contributed by atoms with E-state index in [0.717, 1.165) is 25.0 Å². The van der Waals surface area contributed by atoms with Crippen molar-refractivity contribution in [3.8, 4) is 11.6 Å². The van der Waals surface area contributed by atoms with E-state index in [0.29, 0.717) is 24.2 Å². The Labute approximate surface area is 243 Å². The van der Waals surface area contributed by atoms with E-state index in [2.05, 4.69) is 10.3 Å².